The van der Waals surface area contributed by atoms with Crippen LogP contribution < -0.4 is 10.1 Å². The lowest BCUT2D eigenvalue weighted by molar-refractivity contribution is -0.128. The van der Waals surface area contributed by atoms with Crippen molar-refractivity contribution in [2.45, 2.75) is 70.3 Å². The molecule has 1 aliphatic rings. The van der Waals surface area contributed by atoms with Gasteiger partial charge >= 0.3 is 12.1 Å². The summed E-state index contributed by atoms with van der Waals surface area (Å²) in [7, 11) is -1.08. The molecular formula is C36H50N6O8S2. The largest absolute Gasteiger partial charge is 0.497 e. The number of carbonyl (C=O) groups is 3. The number of aromatic nitrogens is 1. The first kappa shape index (κ1) is 40.5. The topological polar surface area (TPSA) is 173 Å². The smallest absolute Gasteiger partial charge is 0.407 e. The number of benzene rings is 2. The van der Waals surface area contributed by atoms with E-state index in [-0.39, 0.29) is 55.4 Å². The number of carbonyl (C=O) groups excluding carboxylic acids is 2. The van der Waals surface area contributed by atoms with Crippen molar-refractivity contribution < 1.29 is 37.8 Å². The van der Waals surface area contributed by atoms with Crippen LogP contribution in [0.25, 0.3) is 0 Å². The standard InChI is InChI=1S/C36H50N6O8S2/c1-24(2)19-41(52(48,49)29-14-12-28(50-6)13-15-29)21-31(43)30(18-26-10-8-7-9-11-26)38-34(44)33(25(3)4)42-17-16-40(35(42)45)20-27-23-51-32(37-27)22-39(5)36(46)47/h7-15,23-25,30-31,33,43H,16-22H2,1-6H3,(H,38,44)(H,46,47)/t30-,31+,33-/m0/s1. The van der Waals surface area contributed by atoms with Crippen molar-refractivity contribution in [3.05, 3.63) is 76.2 Å². The van der Waals surface area contributed by atoms with Gasteiger partial charge in [0.25, 0.3) is 0 Å². The van der Waals surface area contributed by atoms with Gasteiger partial charge in [0.15, 0.2) is 0 Å². The molecule has 0 saturated carbocycles. The van der Waals surface area contributed by atoms with E-state index in [0.717, 1.165) is 10.5 Å². The molecule has 3 aromatic rings. The number of nitrogens with one attached hydrogen (secondary N) is 1. The van der Waals surface area contributed by atoms with E-state index < -0.39 is 40.2 Å². The molecule has 14 nitrogen and oxygen atoms in total. The van der Waals surface area contributed by atoms with Crippen LogP contribution in [0.4, 0.5) is 9.59 Å². The maximum absolute atomic E-state index is 14.1. The van der Waals surface area contributed by atoms with Crippen molar-refractivity contribution in [3.63, 3.8) is 0 Å². The summed E-state index contributed by atoms with van der Waals surface area (Å²) in [5.41, 5.74) is 1.46. The van der Waals surface area contributed by atoms with E-state index in [1.165, 1.54) is 46.8 Å². The lowest BCUT2D eigenvalue weighted by Gasteiger charge is -2.34. The summed E-state index contributed by atoms with van der Waals surface area (Å²) in [6, 6.07) is 13.3. The predicted octanol–water partition coefficient (Wildman–Crippen LogP) is 3.96. The molecule has 4 rings (SSSR count). The van der Waals surface area contributed by atoms with Crippen molar-refractivity contribution in [2.75, 3.05) is 40.3 Å². The second-order valence-electron chi connectivity index (χ2n) is 13.7. The molecule has 1 saturated heterocycles. The summed E-state index contributed by atoms with van der Waals surface area (Å²) in [6.45, 7) is 8.34. The molecular weight excluding hydrogens is 709 g/mol. The van der Waals surface area contributed by atoms with Gasteiger partial charge < -0.3 is 35.0 Å². The number of hydrogen-bond acceptors (Lipinski definition) is 9. The summed E-state index contributed by atoms with van der Waals surface area (Å²) in [4.78, 5) is 47.9. The zero-order valence-corrected chi connectivity index (χ0v) is 32.1. The predicted molar refractivity (Wildman–Crippen MR) is 197 cm³/mol. The molecule has 0 unspecified atom stereocenters. The first-order valence-corrected chi connectivity index (χ1v) is 19.5. The highest BCUT2D eigenvalue weighted by atomic mass is 32.2. The van der Waals surface area contributed by atoms with Crippen LogP contribution >= 0.6 is 11.3 Å². The zero-order chi connectivity index (χ0) is 38.2. The summed E-state index contributed by atoms with van der Waals surface area (Å²) >= 11 is 1.31. The van der Waals surface area contributed by atoms with Crippen LogP contribution in [0.1, 0.15) is 44.0 Å². The number of ether oxygens (including phenoxy) is 1. The van der Waals surface area contributed by atoms with Gasteiger partial charge in [-0.1, -0.05) is 58.0 Å². The SMILES string of the molecule is COc1ccc(S(=O)(=O)N(CC(C)C)C[C@@H](O)[C@H](Cc2ccccc2)NC(=O)[C@H](C(C)C)N2CCN(Cc3csc(CN(C)C(=O)O)n3)C2=O)cc1. The van der Waals surface area contributed by atoms with Gasteiger partial charge in [-0.2, -0.15) is 4.31 Å². The van der Waals surface area contributed by atoms with Gasteiger partial charge in [0.05, 0.1) is 42.9 Å². The average Bonchev–Trinajstić information content (AvgIpc) is 3.69. The number of rotatable bonds is 18. The third-order valence-corrected chi connectivity index (χ3v) is 11.5. The molecule has 16 heteroatoms. The minimum Gasteiger partial charge on any atom is -0.497 e. The highest BCUT2D eigenvalue weighted by Gasteiger charge is 2.40. The highest BCUT2D eigenvalue weighted by Crippen LogP contribution is 2.24. The van der Waals surface area contributed by atoms with Gasteiger partial charge in [0, 0.05) is 38.6 Å². The molecule has 284 valence electrons. The fourth-order valence-corrected chi connectivity index (χ4v) is 8.56. The summed E-state index contributed by atoms with van der Waals surface area (Å²) < 4.78 is 34.2. The molecule has 2 heterocycles. The van der Waals surface area contributed by atoms with E-state index in [1.54, 1.807) is 22.4 Å². The molecule has 0 aliphatic carbocycles. The number of amides is 4. The Balaban J connectivity index is 1.53. The minimum atomic E-state index is -4.03. The Bertz CT molecular complexity index is 1750. The van der Waals surface area contributed by atoms with Crippen molar-refractivity contribution in [1.29, 1.82) is 0 Å². The number of hydrogen-bond donors (Lipinski definition) is 3. The van der Waals surface area contributed by atoms with Gasteiger partial charge in [-0.05, 0) is 48.1 Å². The van der Waals surface area contributed by atoms with E-state index in [1.807, 2.05) is 58.0 Å². The number of thiazole rings is 1. The molecule has 3 N–H and O–H groups in total. The van der Waals surface area contributed by atoms with E-state index >= 15 is 0 Å². The maximum Gasteiger partial charge on any atom is 0.407 e. The first-order valence-electron chi connectivity index (χ1n) is 17.2. The number of urea groups is 1. The van der Waals surface area contributed by atoms with Gasteiger partial charge in [-0.15, -0.1) is 11.3 Å². The first-order chi connectivity index (χ1) is 24.6. The van der Waals surface area contributed by atoms with Gasteiger partial charge in [-0.3, -0.25) is 4.79 Å². The summed E-state index contributed by atoms with van der Waals surface area (Å²) in [5.74, 6) is -0.286. The van der Waals surface area contributed by atoms with Gasteiger partial charge in [0.1, 0.15) is 16.8 Å². The number of methoxy groups -OCH3 is 1. The second-order valence-corrected chi connectivity index (χ2v) is 16.6. The van der Waals surface area contributed by atoms with Crippen LogP contribution in [0.3, 0.4) is 0 Å². The Hall–Kier alpha value is -4.25. The second kappa shape index (κ2) is 18.0. The lowest BCUT2D eigenvalue weighted by Crippen LogP contribution is -2.57. The maximum atomic E-state index is 14.1. The number of nitrogens with zero attached hydrogens (tertiary/aromatic N) is 5. The molecule has 0 spiro atoms. The number of aliphatic hydroxyl groups excluding tert-OH is 1. The van der Waals surface area contributed by atoms with Crippen LogP contribution in [0.5, 0.6) is 5.75 Å². The molecule has 1 aliphatic heterocycles. The molecule has 0 bridgehead atoms. The number of sulfonamides is 1. The lowest BCUT2D eigenvalue weighted by atomic mass is 9.97. The number of carboxylic acid groups (broad SMARTS) is 1. The quantitative estimate of drug-likeness (QED) is 0.174. The Morgan fingerprint density at radius 3 is 2.31 bits per heavy atom. The Labute approximate surface area is 310 Å². The molecule has 52 heavy (non-hydrogen) atoms. The van der Waals surface area contributed by atoms with E-state index in [0.29, 0.717) is 29.5 Å². The Kier molecular flexibility index (Phi) is 14.0. The van der Waals surface area contributed by atoms with Crippen LogP contribution in [0.15, 0.2) is 64.9 Å². The van der Waals surface area contributed by atoms with Crippen LogP contribution in [-0.4, -0.2) is 119 Å². The molecule has 3 atom stereocenters. The van der Waals surface area contributed by atoms with Crippen LogP contribution in [0.2, 0.25) is 0 Å². The Morgan fingerprint density at radius 1 is 1.04 bits per heavy atom. The Morgan fingerprint density at radius 2 is 1.71 bits per heavy atom. The number of aliphatic hydroxyl groups is 1. The van der Waals surface area contributed by atoms with Crippen molar-refractivity contribution in [1.82, 2.24) is 29.3 Å². The van der Waals surface area contributed by atoms with Crippen molar-refractivity contribution in [3.8, 4) is 5.75 Å². The highest BCUT2D eigenvalue weighted by molar-refractivity contribution is 7.89. The van der Waals surface area contributed by atoms with Gasteiger partial charge in [-0.25, -0.2) is 23.0 Å². The zero-order valence-electron chi connectivity index (χ0n) is 30.5. The van der Waals surface area contributed by atoms with Crippen molar-refractivity contribution >= 4 is 39.4 Å². The summed E-state index contributed by atoms with van der Waals surface area (Å²) in [5, 5.41) is 26.3. The van der Waals surface area contributed by atoms with E-state index in [2.05, 4.69) is 10.3 Å². The third kappa shape index (κ3) is 10.4. The summed E-state index contributed by atoms with van der Waals surface area (Å²) in [6.07, 6.45) is -2.14. The van der Waals surface area contributed by atoms with Crippen LogP contribution in [-0.2, 0) is 34.3 Å². The molecule has 4 amide bonds. The van der Waals surface area contributed by atoms with Gasteiger partial charge in [0.2, 0.25) is 15.9 Å². The monoisotopic (exact) mass is 758 g/mol. The molecule has 1 fully saturated rings. The molecule has 2 aromatic carbocycles. The normalized spacial score (nSPS) is 15.3. The fraction of sp³-hybridized carbons (Fsp3) is 0.500. The average molecular weight is 759 g/mol. The van der Waals surface area contributed by atoms with Crippen molar-refractivity contribution in [2.24, 2.45) is 11.8 Å². The minimum absolute atomic E-state index is 0.0567. The molecule has 0 radical (unpaired) electrons. The molecule has 1 aromatic heterocycles. The van der Waals surface area contributed by atoms with E-state index in [9.17, 15) is 33.0 Å². The van der Waals surface area contributed by atoms with E-state index in [4.69, 9.17) is 4.74 Å². The van der Waals surface area contributed by atoms with Crippen LogP contribution in [0, 0.1) is 11.8 Å². The third-order valence-electron chi connectivity index (χ3n) is 8.76. The fourth-order valence-electron chi connectivity index (χ4n) is 6.10.